The molecule has 0 aromatic heterocycles. The number of phenolic OH excluding ortho intramolecular Hbond substituents is 1. The Kier molecular flexibility index (Phi) is 8.86. The van der Waals surface area contributed by atoms with E-state index in [-0.39, 0.29) is 40.6 Å². The van der Waals surface area contributed by atoms with Crippen molar-refractivity contribution in [3.63, 3.8) is 0 Å². The van der Waals surface area contributed by atoms with Gasteiger partial charge in [0, 0.05) is 32.7 Å². The van der Waals surface area contributed by atoms with Gasteiger partial charge in [-0.2, -0.15) is 5.01 Å². The van der Waals surface area contributed by atoms with Crippen molar-refractivity contribution in [2.24, 2.45) is 23.7 Å². The van der Waals surface area contributed by atoms with Gasteiger partial charge in [0.2, 0.25) is 11.8 Å². The number of ketones is 1. The molecule has 5 aromatic carbocycles. The minimum Gasteiger partial charge on any atom is -0.508 e. The molecule has 0 unspecified atom stereocenters. The fourth-order valence-corrected chi connectivity index (χ4v) is 9.84. The normalized spacial score (nSPS) is 25.2. The van der Waals surface area contributed by atoms with Crippen LogP contribution in [0.15, 0.2) is 133 Å². The molecule has 57 heavy (non-hydrogen) atoms. The maximum atomic E-state index is 15.3. The molecule has 9 rings (SSSR count). The van der Waals surface area contributed by atoms with Crippen molar-refractivity contribution >= 4 is 64.0 Å². The number of aromatic hydroxyl groups is 1. The van der Waals surface area contributed by atoms with E-state index in [2.05, 4.69) is 5.43 Å². The molecule has 9 nitrogen and oxygen atoms in total. The highest BCUT2D eigenvalue weighted by atomic mass is 35.5. The van der Waals surface area contributed by atoms with Crippen molar-refractivity contribution in [1.29, 1.82) is 0 Å². The molecule has 4 amide bonds. The van der Waals surface area contributed by atoms with Gasteiger partial charge in [-0.15, -0.1) is 0 Å². The number of benzene rings is 5. The van der Waals surface area contributed by atoms with Crippen molar-refractivity contribution in [3.05, 3.63) is 171 Å². The highest BCUT2D eigenvalue weighted by molar-refractivity contribution is 6.31. The smallest absolute Gasteiger partial charge is 0.260 e. The first kappa shape index (κ1) is 36.5. The largest absolute Gasteiger partial charge is 0.508 e. The van der Waals surface area contributed by atoms with Crippen LogP contribution in [0.4, 0.5) is 15.8 Å². The molecule has 2 saturated heterocycles. The van der Waals surface area contributed by atoms with Gasteiger partial charge in [0.05, 0.1) is 34.5 Å². The Morgan fingerprint density at radius 2 is 1.42 bits per heavy atom. The topological polar surface area (TPSA) is 124 Å². The average Bonchev–Trinajstić information content (AvgIpc) is 3.60. The number of halogens is 3. The Bertz CT molecular complexity index is 2530. The number of hydrogen-bond acceptors (Lipinski definition) is 7. The number of allylic oxidation sites excluding steroid dienone is 2. The number of carbonyl (C=O) groups excluding carboxylic acids is 5. The van der Waals surface area contributed by atoms with Gasteiger partial charge in [-0.1, -0.05) is 77.3 Å². The lowest BCUT2D eigenvalue weighted by Crippen LogP contribution is -2.53. The quantitative estimate of drug-likeness (QED) is 0.0966. The molecule has 6 atom stereocenters. The van der Waals surface area contributed by atoms with E-state index in [9.17, 15) is 28.7 Å². The first-order valence-corrected chi connectivity index (χ1v) is 19.2. The number of imide groups is 2. The summed E-state index contributed by atoms with van der Waals surface area (Å²) in [6.07, 6.45) is 2.03. The number of phenols is 1. The lowest BCUT2D eigenvalue weighted by molar-refractivity contribution is -0.138. The van der Waals surface area contributed by atoms with Crippen LogP contribution in [0.5, 0.6) is 5.75 Å². The molecule has 2 aliphatic carbocycles. The van der Waals surface area contributed by atoms with Gasteiger partial charge < -0.3 is 5.11 Å². The number of nitrogens with one attached hydrogen (secondary N) is 1. The van der Waals surface area contributed by atoms with Gasteiger partial charge in [0.15, 0.2) is 5.78 Å². The summed E-state index contributed by atoms with van der Waals surface area (Å²) < 4.78 is 13.9. The van der Waals surface area contributed by atoms with Gasteiger partial charge >= 0.3 is 0 Å². The van der Waals surface area contributed by atoms with E-state index in [1.54, 1.807) is 78.9 Å². The van der Waals surface area contributed by atoms with E-state index < -0.39 is 64.5 Å². The first-order valence-electron chi connectivity index (χ1n) is 18.4. The third kappa shape index (κ3) is 5.69. The van der Waals surface area contributed by atoms with Crippen LogP contribution in [-0.4, -0.2) is 39.5 Å². The van der Waals surface area contributed by atoms with Crippen LogP contribution >= 0.6 is 23.2 Å². The highest BCUT2D eigenvalue weighted by Gasteiger charge is 2.70. The predicted octanol–water partition coefficient (Wildman–Crippen LogP) is 8.26. The van der Waals surface area contributed by atoms with E-state index in [1.807, 2.05) is 12.1 Å². The fourth-order valence-electron chi connectivity index (χ4n) is 9.53. The second-order valence-electron chi connectivity index (χ2n) is 14.8. The van der Waals surface area contributed by atoms with Gasteiger partial charge in [0.1, 0.15) is 11.6 Å². The van der Waals surface area contributed by atoms with E-state index >= 15 is 4.79 Å². The number of carbonyl (C=O) groups is 5. The molecule has 3 fully saturated rings. The number of hydrazine groups is 1. The molecule has 284 valence electrons. The second kappa shape index (κ2) is 13.8. The second-order valence-corrected chi connectivity index (χ2v) is 15.7. The molecule has 0 bridgehead atoms. The molecule has 12 heteroatoms. The maximum Gasteiger partial charge on any atom is 0.260 e. The van der Waals surface area contributed by atoms with Crippen LogP contribution in [0.3, 0.4) is 0 Å². The number of nitrogens with zero attached hydrogens (tertiary/aromatic N) is 2. The van der Waals surface area contributed by atoms with Crippen LogP contribution in [0.2, 0.25) is 10.0 Å². The van der Waals surface area contributed by atoms with E-state index in [0.717, 1.165) is 9.91 Å². The number of fused-ring (bicyclic) bond motifs is 4. The zero-order chi connectivity index (χ0) is 39.7. The number of anilines is 2. The van der Waals surface area contributed by atoms with Gasteiger partial charge in [-0.25, -0.2) is 4.39 Å². The fraction of sp³-hybridized carbons (Fsp3) is 0.178. The van der Waals surface area contributed by atoms with Crippen LogP contribution in [0.25, 0.3) is 0 Å². The summed E-state index contributed by atoms with van der Waals surface area (Å²) in [5, 5.41) is 13.2. The van der Waals surface area contributed by atoms with Crippen LogP contribution in [-0.2, 0) is 24.6 Å². The van der Waals surface area contributed by atoms with Crippen molar-refractivity contribution in [1.82, 2.24) is 5.01 Å². The van der Waals surface area contributed by atoms with Gasteiger partial charge in [-0.05, 0) is 103 Å². The van der Waals surface area contributed by atoms with E-state index in [1.165, 1.54) is 36.4 Å². The molecule has 4 aliphatic rings. The molecule has 0 radical (unpaired) electrons. The van der Waals surface area contributed by atoms with Crippen LogP contribution in [0.1, 0.15) is 45.8 Å². The minimum absolute atomic E-state index is 0.0109. The number of amides is 4. The Balaban J connectivity index is 1.16. The van der Waals surface area contributed by atoms with Crippen molar-refractivity contribution < 1.29 is 33.5 Å². The summed E-state index contributed by atoms with van der Waals surface area (Å²) in [4.78, 5) is 73.3. The highest BCUT2D eigenvalue weighted by Crippen LogP contribution is 2.65. The summed E-state index contributed by atoms with van der Waals surface area (Å²) in [5.74, 6) is -7.50. The zero-order valence-corrected chi connectivity index (χ0v) is 31.5. The summed E-state index contributed by atoms with van der Waals surface area (Å²) in [7, 11) is 0. The molecule has 2 aliphatic heterocycles. The number of hydrogen-bond donors (Lipinski definition) is 2. The lowest BCUT2D eigenvalue weighted by Gasteiger charge is -2.50. The summed E-state index contributed by atoms with van der Waals surface area (Å²) in [6, 6.07) is 31.4. The average molecular weight is 801 g/mol. The van der Waals surface area contributed by atoms with Crippen molar-refractivity contribution in [2.75, 3.05) is 10.3 Å². The van der Waals surface area contributed by atoms with Crippen LogP contribution < -0.4 is 10.3 Å². The van der Waals surface area contributed by atoms with E-state index in [4.69, 9.17) is 23.2 Å². The van der Waals surface area contributed by atoms with Gasteiger partial charge in [0.25, 0.3) is 11.8 Å². The summed E-state index contributed by atoms with van der Waals surface area (Å²) >= 11 is 12.9. The summed E-state index contributed by atoms with van der Waals surface area (Å²) in [5.41, 5.74) is 4.05. The Hall–Kier alpha value is -6.10. The van der Waals surface area contributed by atoms with E-state index in [0.29, 0.717) is 33.0 Å². The first-order chi connectivity index (χ1) is 27.5. The standard InChI is InChI=1S/C45H32Cl2FN3O6/c46-27-10-8-26(9-11-27)45-36(42(55)51(44(45)57)49-30-15-13-29(48)14-16-30)23-34-32(39(45)35-22-28(47)12-21-37(35)52)19-20-33-38(34)43(56)50(41(33)54)31-17-6-25(7-18-31)40(53)24-4-2-1-3-5-24/h1-19,21-22,33-34,36,38-39,49,52H,20,23H2/t33-,34+,36-,38-,39+,45+/m0/s1. The monoisotopic (exact) mass is 799 g/mol. The predicted molar refractivity (Wildman–Crippen MR) is 211 cm³/mol. The lowest BCUT2D eigenvalue weighted by atomic mass is 9.49. The number of rotatable bonds is 7. The minimum atomic E-state index is -1.68. The molecular formula is C45H32Cl2FN3O6. The SMILES string of the molecule is O=C(c1ccccc1)c1ccc(N2C(=O)[C@H]3[C@H](CC=C4[C@H]3C[C@H]3C(=O)N(Nc5ccc(F)cc5)C(=O)[C@@]3(c3ccc(Cl)cc3)[C@H]4c3cc(Cl)ccc3O)C2=O)cc1. The molecule has 2 heterocycles. The Labute approximate surface area is 336 Å². The Morgan fingerprint density at radius 1 is 0.754 bits per heavy atom. The van der Waals surface area contributed by atoms with Crippen LogP contribution in [0, 0.1) is 29.5 Å². The molecule has 1 saturated carbocycles. The third-order valence-electron chi connectivity index (χ3n) is 12.0. The third-order valence-corrected chi connectivity index (χ3v) is 12.5. The van der Waals surface area contributed by atoms with Gasteiger partial charge in [-0.3, -0.25) is 34.3 Å². The molecule has 0 spiro atoms. The molecule has 2 N–H and O–H groups in total. The summed E-state index contributed by atoms with van der Waals surface area (Å²) in [6.45, 7) is 0. The molecular weight excluding hydrogens is 768 g/mol. The van der Waals surface area contributed by atoms with Crippen molar-refractivity contribution in [2.45, 2.75) is 24.2 Å². The van der Waals surface area contributed by atoms with Crippen molar-refractivity contribution in [3.8, 4) is 5.75 Å². The Morgan fingerprint density at radius 3 is 2.12 bits per heavy atom. The zero-order valence-electron chi connectivity index (χ0n) is 29.9. The maximum absolute atomic E-state index is 15.3. The molecule has 5 aromatic rings.